The smallest absolute Gasteiger partial charge is 0.0289 e. The van der Waals surface area contributed by atoms with Gasteiger partial charge in [-0.1, -0.05) is 12.2 Å². The molecule has 0 N–H and O–H groups in total. The van der Waals surface area contributed by atoms with Gasteiger partial charge in [0, 0.05) is 0 Å². The molecular formula is C12H18. The van der Waals surface area contributed by atoms with Crippen LogP contribution in [0.5, 0.6) is 0 Å². The van der Waals surface area contributed by atoms with E-state index in [2.05, 4.69) is 6.58 Å². The predicted molar refractivity (Wildman–Crippen MR) is 50.8 cm³/mol. The summed E-state index contributed by atoms with van der Waals surface area (Å²) in [6.07, 6.45) is 8.86. The largest absolute Gasteiger partial charge is 0.0999 e. The van der Waals surface area contributed by atoms with Crippen LogP contribution in [0, 0.1) is 23.7 Å². The van der Waals surface area contributed by atoms with Gasteiger partial charge in [-0.3, -0.25) is 0 Å². The van der Waals surface area contributed by atoms with Crippen LogP contribution in [0.4, 0.5) is 0 Å². The lowest BCUT2D eigenvalue weighted by atomic mass is 9.70. The molecule has 0 heterocycles. The first kappa shape index (κ1) is 7.17. The maximum atomic E-state index is 4.16. The highest BCUT2D eigenvalue weighted by atomic mass is 14.5. The van der Waals surface area contributed by atoms with Crippen LogP contribution in [0.15, 0.2) is 12.2 Å². The van der Waals surface area contributed by atoms with E-state index < -0.39 is 0 Å². The van der Waals surface area contributed by atoms with Gasteiger partial charge in [0.25, 0.3) is 0 Å². The van der Waals surface area contributed by atoms with Crippen LogP contribution in [-0.2, 0) is 0 Å². The van der Waals surface area contributed by atoms with Gasteiger partial charge in [-0.15, -0.1) is 0 Å². The van der Waals surface area contributed by atoms with E-state index in [9.17, 15) is 0 Å². The zero-order valence-electron chi connectivity index (χ0n) is 7.76. The molecule has 66 valence electrons. The van der Waals surface area contributed by atoms with Crippen molar-refractivity contribution in [1.29, 1.82) is 0 Å². The van der Waals surface area contributed by atoms with Gasteiger partial charge in [-0.05, 0) is 62.2 Å². The van der Waals surface area contributed by atoms with Crippen molar-refractivity contribution in [3.63, 3.8) is 0 Å². The maximum Gasteiger partial charge on any atom is -0.0289 e. The van der Waals surface area contributed by atoms with Crippen LogP contribution < -0.4 is 0 Å². The van der Waals surface area contributed by atoms with Crippen molar-refractivity contribution in [3.8, 4) is 0 Å². The lowest BCUT2D eigenvalue weighted by Crippen LogP contribution is -2.26. The summed E-state index contributed by atoms with van der Waals surface area (Å²) in [7, 11) is 0. The summed E-state index contributed by atoms with van der Waals surface area (Å²) in [5.41, 5.74) is 1.55. The fourth-order valence-corrected chi connectivity index (χ4v) is 4.10. The van der Waals surface area contributed by atoms with Crippen molar-refractivity contribution >= 4 is 0 Å². The molecule has 2 bridgehead atoms. The van der Waals surface area contributed by atoms with E-state index in [0.717, 1.165) is 23.7 Å². The highest BCUT2D eigenvalue weighted by molar-refractivity contribution is 5.08. The molecule has 12 heavy (non-hydrogen) atoms. The van der Waals surface area contributed by atoms with E-state index in [0.29, 0.717) is 0 Å². The van der Waals surface area contributed by atoms with E-state index in [1.165, 1.54) is 19.3 Å². The molecule has 0 radical (unpaired) electrons. The minimum Gasteiger partial charge on any atom is -0.0999 e. The first-order valence-electron chi connectivity index (χ1n) is 5.51. The van der Waals surface area contributed by atoms with Crippen LogP contribution in [0.25, 0.3) is 0 Å². The summed E-state index contributed by atoms with van der Waals surface area (Å²) in [6, 6.07) is 0. The highest BCUT2D eigenvalue weighted by Gasteiger charge is 2.48. The second-order valence-corrected chi connectivity index (χ2v) is 5.15. The second-order valence-electron chi connectivity index (χ2n) is 5.15. The van der Waals surface area contributed by atoms with Crippen LogP contribution in [-0.4, -0.2) is 0 Å². The van der Waals surface area contributed by atoms with Crippen molar-refractivity contribution < 1.29 is 0 Å². The van der Waals surface area contributed by atoms with Gasteiger partial charge in [-0.2, -0.15) is 0 Å². The Morgan fingerprint density at radius 2 is 1.75 bits per heavy atom. The summed E-state index contributed by atoms with van der Waals surface area (Å²) < 4.78 is 0. The van der Waals surface area contributed by atoms with Crippen LogP contribution in [0.3, 0.4) is 0 Å². The van der Waals surface area contributed by atoms with E-state index in [4.69, 9.17) is 0 Å². The molecule has 3 rings (SSSR count). The van der Waals surface area contributed by atoms with Crippen molar-refractivity contribution in [2.75, 3.05) is 0 Å². The van der Waals surface area contributed by atoms with Crippen molar-refractivity contribution in [3.05, 3.63) is 12.2 Å². The van der Waals surface area contributed by atoms with Crippen LogP contribution in [0.1, 0.15) is 38.5 Å². The lowest BCUT2D eigenvalue weighted by Gasteiger charge is -2.35. The number of hydrogen-bond donors (Lipinski definition) is 0. The van der Waals surface area contributed by atoms with Gasteiger partial charge in [0.1, 0.15) is 0 Å². The van der Waals surface area contributed by atoms with Crippen molar-refractivity contribution in [2.45, 2.75) is 38.5 Å². The maximum absolute atomic E-state index is 4.16. The van der Waals surface area contributed by atoms with E-state index >= 15 is 0 Å². The summed E-state index contributed by atoms with van der Waals surface area (Å²) in [4.78, 5) is 0. The Balaban J connectivity index is 1.85. The summed E-state index contributed by atoms with van der Waals surface area (Å²) >= 11 is 0. The molecule has 0 aromatic heterocycles. The van der Waals surface area contributed by atoms with E-state index in [1.54, 1.807) is 24.8 Å². The van der Waals surface area contributed by atoms with Gasteiger partial charge in [0.15, 0.2) is 0 Å². The number of rotatable bonds is 0. The average Bonchev–Trinajstić information content (AvgIpc) is 2.63. The normalized spacial score (nSPS) is 51.2. The monoisotopic (exact) mass is 162 g/mol. The van der Waals surface area contributed by atoms with Crippen LogP contribution in [0.2, 0.25) is 0 Å². The third-order valence-corrected chi connectivity index (χ3v) is 4.63. The predicted octanol–water partition coefficient (Wildman–Crippen LogP) is 3.39. The zero-order valence-corrected chi connectivity index (χ0v) is 7.76. The molecule has 4 unspecified atom stereocenters. The Morgan fingerprint density at radius 3 is 2.58 bits per heavy atom. The molecule has 0 aliphatic heterocycles. The molecule has 3 saturated carbocycles. The Kier molecular flexibility index (Phi) is 1.42. The summed E-state index contributed by atoms with van der Waals surface area (Å²) in [6.45, 7) is 4.16. The van der Waals surface area contributed by atoms with Gasteiger partial charge in [0.05, 0.1) is 0 Å². The van der Waals surface area contributed by atoms with Gasteiger partial charge in [0.2, 0.25) is 0 Å². The summed E-state index contributed by atoms with van der Waals surface area (Å²) in [5.74, 6) is 4.43. The molecule has 0 saturated heterocycles. The first-order chi connectivity index (χ1) is 5.84. The third kappa shape index (κ3) is 0.841. The molecule has 4 atom stereocenters. The third-order valence-electron chi connectivity index (χ3n) is 4.63. The molecule has 0 aromatic carbocycles. The molecule has 0 aromatic rings. The standard InChI is InChI=1S/C12H18/c1-8-2-5-11-9-3-4-10(7-9)12(11)6-8/h9-12H,1-7H2. The Bertz CT molecular complexity index is 216. The van der Waals surface area contributed by atoms with Gasteiger partial charge in [-0.25, -0.2) is 0 Å². The van der Waals surface area contributed by atoms with Gasteiger partial charge < -0.3 is 0 Å². The molecule has 0 heteroatoms. The van der Waals surface area contributed by atoms with Crippen molar-refractivity contribution in [1.82, 2.24) is 0 Å². The molecule has 0 amide bonds. The first-order valence-corrected chi connectivity index (χ1v) is 5.51. The fourth-order valence-electron chi connectivity index (χ4n) is 4.10. The Morgan fingerprint density at radius 1 is 1.00 bits per heavy atom. The topological polar surface area (TPSA) is 0 Å². The molecule has 0 nitrogen and oxygen atoms in total. The molecule has 3 fully saturated rings. The molecular weight excluding hydrogens is 144 g/mol. The minimum absolute atomic E-state index is 1.07. The minimum atomic E-state index is 1.07. The SMILES string of the molecule is C=C1CCC2C3CCC(C3)C2C1. The quantitative estimate of drug-likeness (QED) is 0.479. The zero-order chi connectivity index (χ0) is 8.13. The Labute approximate surface area is 75.0 Å². The lowest BCUT2D eigenvalue weighted by molar-refractivity contribution is 0.185. The number of allylic oxidation sites excluding steroid dienone is 1. The van der Waals surface area contributed by atoms with Crippen molar-refractivity contribution in [2.24, 2.45) is 23.7 Å². The fraction of sp³-hybridized carbons (Fsp3) is 0.833. The number of fused-ring (bicyclic) bond motifs is 5. The van der Waals surface area contributed by atoms with E-state index in [1.807, 2.05) is 0 Å². The van der Waals surface area contributed by atoms with Crippen LogP contribution >= 0.6 is 0 Å². The summed E-state index contributed by atoms with van der Waals surface area (Å²) in [5, 5.41) is 0. The average molecular weight is 162 g/mol. The molecule has 0 spiro atoms. The second kappa shape index (κ2) is 2.37. The van der Waals surface area contributed by atoms with Gasteiger partial charge >= 0.3 is 0 Å². The highest BCUT2D eigenvalue weighted by Crippen LogP contribution is 2.57. The number of hydrogen-bond acceptors (Lipinski definition) is 0. The molecule has 3 aliphatic rings. The Hall–Kier alpha value is -0.260. The molecule has 3 aliphatic carbocycles. The van der Waals surface area contributed by atoms with E-state index in [-0.39, 0.29) is 0 Å².